The molecule has 1 aromatic rings. The Morgan fingerprint density at radius 3 is 2.62 bits per heavy atom. The second-order valence-corrected chi connectivity index (χ2v) is 14.3. The van der Waals surface area contributed by atoms with Crippen molar-refractivity contribution in [2.24, 2.45) is 52.3 Å². The smallest absolute Gasteiger partial charge is 0.142 e. The molecule has 3 saturated carbocycles. The predicted molar refractivity (Wildman–Crippen MR) is 155 cm³/mol. The van der Waals surface area contributed by atoms with Crippen molar-refractivity contribution in [2.75, 3.05) is 11.5 Å². The van der Waals surface area contributed by atoms with Crippen LogP contribution in [0.25, 0.3) is 0 Å². The van der Waals surface area contributed by atoms with Gasteiger partial charge in [-0.15, -0.1) is 0 Å². The van der Waals surface area contributed by atoms with Gasteiger partial charge < -0.3 is 16.2 Å². The Hall–Kier alpha value is -1.90. The van der Waals surface area contributed by atoms with E-state index in [0.29, 0.717) is 28.1 Å². The molecule has 1 aromatic carbocycles. The molecule has 9 atom stereocenters. The lowest BCUT2D eigenvalue weighted by atomic mass is 9.36. The molecule has 0 bridgehead atoms. The fourth-order valence-corrected chi connectivity index (χ4v) is 10.4. The number of fused-ring (bicyclic) bond motifs is 2. The van der Waals surface area contributed by atoms with Gasteiger partial charge in [0.05, 0.1) is 11.8 Å². The summed E-state index contributed by atoms with van der Waals surface area (Å²) in [7, 11) is 0. The maximum absolute atomic E-state index is 6.47. The van der Waals surface area contributed by atoms with Gasteiger partial charge in [-0.25, -0.2) is 0 Å². The van der Waals surface area contributed by atoms with E-state index in [4.69, 9.17) is 16.2 Å². The first-order valence-corrected chi connectivity index (χ1v) is 15.3. The summed E-state index contributed by atoms with van der Waals surface area (Å²) in [5.74, 6) is 6.38. The summed E-state index contributed by atoms with van der Waals surface area (Å²) in [5.41, 5.74) is 18.0. The molecule has 37 heavy (non-hydrogen) atoms. The summed E-state index contributed by atoms with van der Waals surface area (Å²) in [5, 5.41) is 0. The number of nitrogen functional groups attached to an aromatic ring is 2. The van der Waals surface area contributed by atoms with Gasteiger partial charge in [0.25, 0.3) is 0 Å². The lowest BCUT2D eigenvalue weighted by Crippen LogP contribution is -2.61. The first-order chi connectivity index (χ1) is 17.6. The molecule has 3 heteroatoms. The van der Waals surface area contributed by atoms with E-state index < -0.39 is 0 Å². The summed E-state index contributed by atoms with van der Waals surface area (Å²) < 4.78 is 6.47. The highest BCUT2D eigenvalue weighted by atomic mass is 16.5. The topological polar surface area (TPSA) is 61.3 Å². The Labute approximate surface area is 225 Å². The minimum atomic E-state index is 0.232. The molecule has 0 amide bonds. The third kappa shape index (κ3) is 3.80. The van der Waals surface area contributed by atoms with Gasteiger partial charge in [-0.05, 0) is 110 Å². The summed E-state index contributed by atoms with van der Waals surface area (Å²) >= 11 is 0. The number of hydrogen-bond acceptors (Lipinski definition) is 3. The van der Waals surface area contributed by atoms with E-state index in [1.54, 1.807) is 5.57 Å². The van der Waals surface area contributed by atoms with Crippen LogP contribution in [0.4, 0.5) is 11.4 Å². The summed E-state index contributed by atoms with van der Waals surface area (Å²) in [6.45, 7) is 12.5. The fourth-order valence-electron chi connectivity index (χ4n) is 10.4. The fraction of sp³-hybridized carbons (Fsp3) is 0.706. The Morgan fingerprint density at radius 2 is 1.86 bits per heavy atom. The molecule has 6 rings (SSSR count). The highest BCUT2D eigenvalue weighted by Crippen LogP contribution is 2.75. The second kappa shape index (κ2) is 9.09. The van der Waals surface area contributed by atoms with Crippen LogP contribution < -0.4 is 16.2 Å². The van der Waals surface area contributed by atoms with Crippen LogP contribution in [0.2, 0.25) is 0 Å². The minimum absolute atomic E-state index is 0.232. The number of allylic oxidation sites excluding steroid dienone is 4. The highest BCUT2D eigenvalue weighted by molar-refractivity contribution is 5.60. The molecule has 9 unspecified atom stereocenters. The zero-order valence-corrected chi connectivity index (χ0v) is 23.9. The Morgan fingerprint density at radius 1 is 1.05 bits per heavy atom. The second-order valence-electron chi connectivity index (χ2n) is 14.3. The molecular formula is C34H50N2O. The number of rotatable bonds is 7. The van der Waals surface area contributed by atoms with Gasteiger partial charge in [0.15, 0.2) is 0 Å². The van der Waals surface area contributed by atoms with Crippen molar-refractivity contribution in [1.29, 1.82) is 0 Å². The van der Waals surface area contributed by atoms with Crippen LogP contribution in [-0.4, -0.2) is 6.10 Å². The molecule has 4 N–H and O–H groups in total. The molecular weight excluding hydrogens is 452 g/mol. The summed E-state index contributed by atoms with van der Waals surface area (Å²) in [6.07, 6.45) is 17.5. The van der Waals surface area contributed by atoms with Crippen molar-refractivity contribution in [3.63, 3.8) is 0 Å². The number of ether oxygens (including phenoxy) is 1. The number of hydrogen-bond donors (Lipinski definition) is 2. The van der Waals surface area contributed by atoms with Crippen molar-refractivity contribution < 1.29 is 4.74 Å². The first kappa shape index (κ1) is 25.4. The zero-order valence-electron chi connectivity index (χ0n) is 23.9. The Balaban J connectivity index is 1.20. The van der Waals surface area contributed by atoms with Crippen LogP contribution in [0.1, 0.15) is 92.4 Å². The van der Waals surface area contributed by atoms with Crippen LogP contribution in [-0.2, 0) is 0 Å². The molecule has 5 aliphatic rings. The average molecular weight is 503 g/mol. The highest BCUT2D eigenvalue weighted by Gasteiger charge is 2.67. The van der Waals surface area contributed by atoms with Gasteiger partial charge >= 0.3 is 0 Å². The van der Waals surface area contributed by atoms with Crippen LogP contribution >= 0.6 is 0 Å². The Bertz CT molecular complexity index is 1100. The van der Waals surface area contributed by atoms with E-state index in [1.807, 2.05) is 23.8 Å². The van der Waals surface area contributed by atoms with E-state index in [1.165, 1.54) is 44.9 Å². The van der Waals surface area contributed by atoms with E-state index in [-0.39, 0.29) is 6.10 Å². The third-order valence-electron chi connectivity index (χ3n) is 12.1. The molecule has 0 aromatic heterocycles. The van der Waals surface area contributed by atoms with E-state index in [0.717, 1.165) is 54.1 Å². The van der Waals surface area contributed by atoms with Crippen LogP contribution in [0.3, 0.4) is 0 Å². The molecule has 5 aliphatic carbocycles. The normalized spacial score (nSPS) is 40.6. The number of benzene rings is 1. The summed E-state index contributed by atoms with van der Waals surface area (Å²) in [4.78, 5) is 0. The van der Waals surface area contributed by atoms with Crippen LogP contribution in [0.15, 0.2) is 41.5 Å². The molecule has 202 valence electrons. The van der Waals surface area contributed by atoms with Gasteiger partial charge in [-0.3, -0.25) is 0 Å². The maximum atomic E-state index is 6.47. The molecule has 3 fully saturated rings. The average Bonchev–Trinajstić information content (AvgIpc) is 3.21. The van der Waals surface area contributed by atoms with E-state index in [2.05, 4.69) is 46.8 Å². The van der Waals surface area contributed by atoms with Crippen molar-refractivity contribution in [3.8, 4) is 5.75 Å². The van der Waals surface area contributed by atoms with Crippen molar-refractivity contribution in [1.82, 2.24) is 0 Å². The first-order valence-electron chi connectivity index (χ1n) is 15.3. The van der Waals surface area contributed by atoms with Gasteiger partial charge in [-0.1, -0.05) is 70.3 Å². The van der Waals surface area contributed by atoms with E-state index >= 15 is 0 Å². The molecule has 0 saturated heterocycles. The Kier molecular flexibility index (Phi) is 6.24. The lowest BCUT2D eigenvalue weighted by molar-refractivity contribution is -0.0671. The molecule has 0 radical (unpaired) electrons. The zero-order chi connectivity index (χ0) is 26.1. The number of anilines is 2. The standard InChI is InChI=1S/C34H50N2O/c1-20(2)7-6-8-21(3)28-12-13-29-26-11-9-23-17-25(37-31-14-10-24(35)18-30(31)36)15-16-34(23)22(4)27(32(26)34)19-33(28,29)5/h9-11,14,18,20-21,23,25-26,28-29,32H,6-8,12-13,15-17,19,35-36H2,1-5H3. The molecule has 3 nitrogen and oxygen atoms in total. The SMILES string of the molecule is CC1=C2CC3(C)C(C(C)CCCC(C)C)CCC3C3C=CC4CC(Oc5ccc(N)cc5N)CCC14C23. The number of nitrogens with two attached hydrogens (primary N) is 2. The lowest BCUT2D eigenvalue weighted by Gasteiger charge is -2.68. The van der Waals surface area contributed by atoms with E-state index in [9.17, 15) is 0 Å². The van der Waals surface area contributed by atoms with Crippen molar-refractivity contribution in [2.45, 2.75) is 98.5 Å². The monoisotopic (exact) mass is 502 g/mol. The quantitative estimate of drug-likeness (QED) is 0.290. The minimum Gasteiger partial charge on any atom is -0.488 e. The van der Waals surface area contributed by atoms with Crippen LogP contribution in [0, 0.1) is 52.3 Å². The molecule has 1 spiro atoms. The van der Waals surface area contributed by atoms with Gasteiger partial charge in [0.1, 0.15) is 5.75 Å². The van der Waals surface area contributed by atoms with Crippen LogP contribution in [0.5, 0.6) is 5.75 Å². The molecule has 0 heterocycles. The summed E-state index contributed by atoms with van der Waals surface area (Å²) in [6, 6.07) is 5.65. The van der Waals surface area contributed by atoms with Gasteiger partial charge in [0.2, 0.25) is 0 Å². The largest absolute Gasteiger partial charge is 0.488 e. The van der Waals surface area contributed by atoms with Gasteiger partial charge in [-0.2, -0.15) is 0 Å². The van der Waals surface area contributed by atoms with Gasteiger partial charge in [0, 0.05) is 11.1 Å². The third-order valence-corrected chi connectivity index (χ3v) is 12.1. The molecule has 0 aliphatic heterocycles. The maximum Gasteiger partial charge on any atom is 0.142 e. The predicted octanol–water partition coefficient (Wildman–Crippen LogP) is 8.42. The van der Waals surface area contributed by atoms with Crippen molar-refractivity contribution >= 4 is 11.4 Å². The van der Waals surface area contributed by atoms with Crippen molar-refractivity contribution in [3.05, 3.63) is 41.5 Å².